The molecule has 0 unspecified atom stereocenters. The Labute approximate surface area is 96.6 Å². The van der Waals surface area contributed by atoms with Crippen LogP contribution in [0.15, 0.2) is 23.0 Å². The average molecular weight is 220 g/mol. The molecule has 0 aliphatic rings. The lowest BCUT2D eigenvalue weighted by atomic mass is 10.0. The summed E-state index contributed by atoms with van der Waals surface area (Å²) in [7, 11) is 0. The van der Waals surface area contributed by atoms with Gasteiger partial charge in [0.2, 0.25) is 0 Å². The molecule has 0 atom stereocenters. The largest absolute Gasteiger partial charge is 0.326 e. The molecule has 1 heterocycles. The lowest BCUT2D eigenvalue weighted by Gasteiger charge is -2.09. The minimum absolute atomic E-state index is 0. The number of H-pyrrole nitrogens is 1. The first kappa shape index (κ1) is 11.0. The molecule has 0 amide bonds. The molecule has 2 rings (SSSR count). The van der Waals surface area contributed by atoms with E-state index in [4.69, 9.17) is 0 Å². The zero-order valence-corrected chi connectivity index (χ0v) is 10.2. The minimum atomic E-state index is -0.0223. The molecule has 0 spiro atoms. The predicted octanol–water partition coefficient (Wildman–Crippen LogP) is 3.28. The molecule has 0 aliphatic heterocycles. The Bertz CT molecular complexity index is 566. The van der Waals surface area contributed by atoms with Crippen LogP contribution in [0.3, 0.4) is 0 Å². The molecule has 0 fully saturated rings. The zero-order chi connectivity index (χ0) is 11.9. The Balaban J connectivity index is 0.00000144. The second-order valence-electron chi connectivity index (χ2n) is 4.83. The SMILES string of the molecule is CC(C)c1ccc2[nH]c(=O)n(C(C)C)c2c1.[HH]. The van der Waals surface area contributed by atoms with Crippen molar-refractivity contribution in [3.8, 4) is 0 Å². The number of fused-ring (bicyclic) bond motifs is 1. The molecule has 0 saturated carbocycles. The number of aromatic nitrogens is 2. The Morgan fingerprint density at radius 3 is 2.50 bits per heavy atom. The number of nitrogens with one attached hydrogen (secondary N) is 1. The van der Waals surface area contributed by atoms with E-state index in [0.29, 0.717) is 5.92 Å². The minimum Gasteiger partial charge on any atom is -0.306 e. The molecule has 0 saturated heterocycles. The highest BCUT2D eigenvalue weighted by Gasteiger charge is 2.10. The molecule has 0 bridgehead atoms. The van der Waals surface area contributed by atoms with Crippen LogP contribution in [0, 0.1) is 0 Å². The maximum atomic E-state index is 11.8. The van der Waals surface area contributed by atoms with Crippen LogP contribution in [-0.2, 0) is 0 Å². The summed E-state index contributed by atoms with van der Waals surface area (Å²) in [5, 5.41) is 0. The molecule has 1 aromatic carbocycles. The van der Waals surface area contributed by atoms with Gasteiger partial charge < -0.3 is 4.98 Å². The van der Waals surface area contributed by atoms with Crippen LogP contribution in [-0.4, -0.2) is 9.55 Å². The number of imidazole rings is 1. The standard InChI is InChI=1S/C13H18N2O.H2/c1-8(2)10-5-6-11-12(7-10)15(9(3)4)13(16)14-11;/h5-9H,1-4H3,(H,14,16);1H. The van der Waals surface area contributed by atoms with Gasteiger partial charge in [-0.15, -0.1) is 0 Å². The van der Waals surface area contributed by atoms with Crippen molar-refractivity contribution in [2.75, 3.05) is 0 Å². The van der Waals surface area contributed by atoms with E-state index in [2.05, 4.69) is 31.0 Å². The van der Waals surface area contributed by atoms with Crippen molar-refractivity contribution in [2.24, 2.45) is 0 Å². The molecule has 16 heavy (non-hydrogen) atoms. The maximum Gasteiger partial charge on any atom is 0.326 e. The summed E-state index contributed by atoms with van der Waals surface area (Å²) in [5.74, 6) is 0.481. The van der Waals surface area contributed by atoms with Crippen LogP contribution in [0.2, 0.25) is 0 Å². The second-order valence-corrected chi connectivity index (χ2v) is 4.83. The third-order valence-corrected chi connectivity index (χ3v) is 2.92. The van der Waals surface area contributed by atoms with Gasteiger partial charge in [0.1, 0.15) is 0 Å². The fourth-order valence-electron chi connectivity index (χ4n) is 2.01. The van der Waals surface area contributed by atoms with E-state index < -0.39 is 0 Å². The van der Waals surface area contributed by atoms with Crippen molar-refractivity contribution >= 4 is 11.0 Å². The predicted molar refractivity (Wildman–Crippen MR) is 69.1 cm³/mol. The van der Waals surface area contributed by atoms with Gasteiger partial charge >= 0.3 is 5.69 Å². The van der Waals surface area contributed by atoms with Crippen LogP contribution in [0.5, 0.6) is 0 Å². The number of nitrogens with zero attached hydrogens (tertiary/aromatic N) is 1. The molecule has 88 valence electrons. The van der Waals surface area contributed by atoms with E-state index in [0.717, 1.165) is 11.0 Å². The summed E-state index contributed by atoms with van der Waals surface area (Å²) >= 11 is 0. The zero-order valence-electron chi connectivity index (χ0n) is 10.2. The highest BCUT2D eigenvalue weighted by Crippen LogP contribution is 2.21. The smallest absolute Gasteiger partial charge is 0.306 e. The van der Waals surface area contributed by atoms with Gasteiger partial charge in [0.25, 0.3) is 0 Å². The average Bonchev–Trinajstić information content (AvgIpc) is 2.51. The van der Waals surface area contributed by atoms with Gasteiger partial charge in [-0.25, -0.2) is 4.79 Å². The Morgan fingerprint density at radius 1 is 1.25 bits per heavy atom. The van der Waals surface area contributed by atoms with Gasteiger partial charge in [0, 0.05) is 7.47 Å². The van der Waals surface area contributed by atoms with Gasteiger partial charge in [0.15, 0.2) is 0 Å². The van der Waals surface area contributed by atoms with E-state index >= 15 is 0 Å². The first-order valence-electron chi connectivity index (χ1n) is 5.75. The van der Waals surface area contributed by atoms with Gasteiger partial charge in [-0.05, 0) is 37.5 Å². The van der Waals surface area contributed by atoms with E-state index in [1.54, 1.807) is 4.57 Å². The summed E-state index contributed by atoms with van der Waals surface area (Å²) < 4.78 is 1.81. The lowest BCUT2D eigenvalue weighted by molar-refractivity contribution is 0.597. The highest BCUT2D eigenvalue weighted by molar-refractivity contribution is 5.76. The van der Waals surface area contributed by atoms with Crippen molar-refractivity contribution in [1.82, 2.24) is 9.55 Å². The van der Waals surface area contributed by atoms with Crippen LogP contribution in [0.4, 0.5) is 0 Å². The summed E-state index contributed by atoms with van der Waals surface area (Å²) in [6.07, 6.45) is 0. The van der Waals surface area contributed by atoms with Crippen LogP contribution in [0.25, 0.3) is 11.0 Å². The number of hydrogen-bond donors (Lipinski definition) is 1. The van der Waals surface area contributed by atoms with Crippen LogP contribution in [0.1, 0.15) is 46.6 Å². The van der Waals surface area contributed by atoms with Crippen LogP contribution >= 0.6 is 0 Å². The highest BCUT2D eigenvalue weighted by atomic mass is 16.1. The summed E-state index contributed by atoms with van der Waals surface area (Å²) in [6.45, 7) is 8.37. The summed E-state index contributed by atoms with van der Waals surface area (Å²) in [4.78, 5) is 14.7. The Hall–Kier alpha value is -1.51. The van der Waals surface area contributed by atoms with E-state index in [9.17, 15) is 4.79 Å². The monoisotopic (exact) mass is 220 g/mol. The third-order valence-electron chi connectivity index (χ3n) is 2.92. The van der Waals surface area contributed by atoms with Crippen molar-refractivity contribution in [2.45, 2.75) is 39.7 Å². The Morgan fingerprint density at radius 2 is 1.94 bits per heavy atom. The maximum absolute atomic E-state index is 11.8. The topological polar surface area (TPSA) is 37.8 Å². The van der Waals surface area contributed by atoms with Crippen LogP contribution < -0.4 is 5.69 Å². The first-order chi connectivity index (χ1) is 7.50. The normalized spacial score (nSPS) is 11.9. The molecule has 0 aliphatic carbocycles. The molecule has 3 heteroatoms. The number of hydrogen-bond acceptors (Lipinski definition) is 1. The van der Waals surface area contributed by atoms with Gasteiger partial charge in [0.05, 0.1) is 11.0 Å². The van der Waals surface area contributed by atoms with Crippen molar-refractivity contribution in [1.29, 1.82) is 0 Å². The number of rotatable bonds is 2. The summed E-state index contributed by atoms with van der Waals surface area (Å²) in [5.41, 5.74) is 3.17. The fraction of sp³-hybridized carbons (Fsp3) is 0.462. The van der Waals surface area contributed by atoms with E-state index in [1.807, 2.05) is 19.9 Å². The van der Waals surface area contributed by atoms with Crippen molar-refractivity contribution in [3.63, 3.8) is 0 Å². The van der Waals surface area contributed by atoms with Gasteiger partial charge in [-0.3, -0.25) is 4.57 Å². The van der Waals surface area contributed by atoms with E-state index in [-0.39, 0.29) is 13.2 Å². The molecule has 0 radical (unpaired) electrons. The second kappa shape index (κ2) is 3.81. The molecule has 2 aromatic rings. The Kier molecular flexibility index (Phi) is 2.62. The number of benzene rings is 1. The third kappa shape index (κ3) is 1.66. The quantitative estimate of drug-likeness (QED) is 0.828. The molecule has 1 aromatic heterocycles. The van der Waals surface area contributed by atoms with Gasteiger partial charge in [-0.1, -0.05) is 19.9 Å². The molecular formula is C13H20N2O. The van der Waals surface area contributed by atoms with Crippen molar-refractivity contribution < 1.29 is 1.43 Å². The summed E-state index contributed by atoms with van der Waals surface area (Å²) in [6, 6.07) is 6.36. The molecule has 1 N–H and O–H groups in total. The van der Waals surface area contributed by atoms with Crippen molar-refractivity contribution in [3.05, 3.63) is 34.2 Å². The van der Waals surface area contributed by atoms with E-state index in [1.165, 1.54) is 5.56 Å². The fourth-order valence-corrected chi connectivity index (χ4v) is 2.01. The molecular weight excluding hydrogens is 200 g/mol. The van der Waals surface area contributed by atoms with Gasteiger partial charge in [-0.2, -0.15) is 0 Å². The number of aromatic amines is 1. The molecule has 3 nitrogen and oxygen atoms in total. The lowest BCUT2D eigenvalue weighted by Crippen LogP contribution is -2.18. The first-order valence-corrected chi connectivity index (χ1v) is 5.75.